The lowest BCUT2D eigenvalue weighted by Gasteiger charge is -2.09. The first-order valence-electron chi connectivity index (χ1n) is 6.53. The molecule has 20 heavy (non-hydrogen) atoms. The van der Waals surface area contributed by atoms with Crippen LogP contribution in [0.2, 0.25) is 0 Å². The van der Waals surface area contributed by atoms with Crippen molar-refractivity contribution in [2.45, 2.75) is 17.5 Å². The fourth-order valence-corrected chi connectivity index (χ4v) is 2.69. The number of rotatable bonds is 6. The number of aromatic amines is 1. The third-order valence-corrected chi connectivity index (χ3v) is 3.95. The molecule has 3 rings (SSSR count). The minimum absolute atomic E-state index is 0.405. The smallest absolute Gasteiger partial charge is 0.183 e. The average molecular weight is 292 g/mol. The van der Waals surface area contributed by atoms with Crippen molar-refractivity contribution in [3.8, 4) is 0 Å². The Kier molecular flexibility index (Phi) is 4.44. The molecule has 0 amide bonds. The number of nitrogens with one attached hydrogen (secondary N) is 2. The van der Waals surface area contributed by atoms with Crippen LogP contribution < -0.4 is 5.32 Å². The summed E-state index contributed by atoms with van der Waals surface area (Å²) in [6, 6.07) is 2.01. The molecule has 0 spiro atoms. The second kappa shape index (κ2) is 6.67. The maximum absolute atomic E-state index is 5.39. The van der Waals surface area contributed by atoms with Crippen LogP contribution in [0.3, 0.4) is 0 Å². The van der Waals surface area contributed by atoms with Crippen molar-refractivity contribution in [1.29, 1.82) is 0 Å². The maximum Gasteiger partial charge on any atom is 0.183 e. The molecule has 8 heteroatoms. The molecule has 1 fully saturated rings. The van der Waals surface area contributed by atoms with Crippen LogP contribution in [0.15, 0.2) is 23.9 Å². The Balaban J connectivity index is 1.48. The van der Waals surface area contributed by atoms with Gasteiger partial charge in [0.2, 0.25) is 0 Å². The molecule has 2 aromatic rings. The minimum atomic E-state index is 0.405. The number of hydrogen-bond donors (Lipinski definition) is 2. The van der Waals surface area contributed by atoms with Gasteiger partial charge in [0, 0.05) is 30.9 Å². The van der Waals surface area contributed by atoms with Gasteiger partial charge in [-0.1, -0.05) is 11.8 Å². The van der Waals surface area contributed by atoms with Gasteiger partial charge in [-0.05, 0) is 6.42 Å². The Morgan fingerprint density at radius 1 is 1.35 bits per heavy atom. The SMILES string of the molecule is c1nc(NCCSc2ncn[nH]2)cc([C@@H]2CCOC2)n1. The molecule has 1 atom stereocenters. The van der Waals surface area contributed by atoms with Crippen molar-refractivity contribution >= 4 is 17.6 Å². The quantitative estimate of drug-likeness (QED) is 0.613. The van der Waals surface area contributed by atoms with Gasteiger partial charge >= 0.3 is 0 Å². The van der Waals surface area contributed by atoms with E-state index in [2.05, 4.69) is 30.5 Å². The molecule has 3 heterocycles. The molecule has 1 aliphatic rings. The normalized spacial score (nSPS) is 18.3. The number of nitrogens with zero attached hydrogens (tertiary/aromatic N) is 4. The third-order valence-electron chi connectivity index (χ3n) is 3.08. The van der Waals surface area contributed by atoms with Crippen molar-refractivity contribution in [2.75, 3.05) is 30.8 Å². The Bertz CT molecular complexity index is 529. The molecule has 2 aromatic heterocycles. The molecule has 106 valence electrons. The molecule has 0 saturated carbocycles. The van der Waals surface area contributed by atoms with E-state index in [1.165, 1.54) is 6.33 Å². The number of aromatic nitrogens is 5. The van der Waals surface area contributed by atoms with Gasteiger partial charge in [-0.25, -0.2) is 15.0 Å². The van der Waals surface area contributed by atoms with Crippen molar-refractivity contribution in [3.63, 3.8) is 0 Å². The molecule has 0 radical (unpaired) electrons. The molecular weight excluding hydrogens is 276 g/mol. The van der Waals surface area contributed by atoms with E-state index in [0.29, 0.717) is 5.92 Å². The molecule has 0 aromatic carbocycles. The van der Waals surface area contributed by atoms with Crippen LogP contribution >= 0.6 is 11.8 Å². The minimum Gasteiger partial charge on any atom is -0.381 e. The number of thioether (sulfide) groups is 1. The summed E-state index contributed by atoms with van der Waals surface area (Å²) in [5.41, 5.74) is 1.06. The van der Waals surface area contributed by atoms with Gasteiger partial charge in [0.1, 0.15) is 18.5 Å². The second-order valence-corrected chi connectivity index (χ2v) is 5.54. The van der Waals surface area contributed by atoms with Crippen LogP contribution in [0, 0.1) is 0 Å². The molecule has 7 nitrogen and oxygen atoms in total. The fraction of sp³-hybridized carbons (Fsp3) is 0.500. The molecule has 1 saturated heterocycles. The van der Waals surface area contributed by atoms with Crippen molar-refractivity contribution in [1.82, 2.24) is 25.1 Å². The topological polar surface area (TPSA) is 88.6 Å². The Morgan fingerprint density at radius 2 is 2.35 bits per heavy atom. The molecule has 0 unspecified atom stereocenters. The summed E-state index contributed by atoms with van der Waals surface area (Å²) in [5.74, 6) is 2.16. The van der Waals surface area contributed by atoms with Crippen molar-refractivity contribution < 1.29 is 4.74 Å². The number of H-pyrrole nitrogens is 1. The first-order chi connectivity index (χ1) is 9.92. The van der Waals surface area contributed by atoms with Gasteiger partial charge < -0.3 is 10.1 Å². The highest BCUT2D eigenvalue weighted by Gasteiger charge is 2.19. The first kappa shape index (κ1) is 13.3. The standard InChI is InChI=1S/C12H16N6OS/c1-3-19-6-9(1)10-5-11(15-7-14-10)13-2-4-20-12-16-8-17-18-12/h5,7-9H,1-4,6H2,(H,13,14,15)(H,16,17,18)/t9-/m1/s1. The summed E-state index contributed by atoms with van der Waals surface area (Å²) in [6.45, 7) is 2.39. The van der Waals surface area contributed by atoms with Gasteiger partial charge in [-0.2, -0.15) is 5.10 Å². The van der Waals surface area contributed by atoms with Gasteiger partial charge in [0.05, 0.1) is 12.3 Å². The summed E-state index contributed by atoms with van der Waals surface area (Å²) >= 11 is 1.62. The van der Waals surface area contributed by atoms with E-state index in [9.17, 15) is 0 Å². The second-order valence-electron chi connectivity index (χ2n) is 4.45. The zero-order valence-corrected chi connectivity index (χ0v) is 11.8. The fourth-order valence-electron chi connectivity index (χ4n) is 2.05. The zero-order valence-electron chi connectivity index (χ0n) is 11.0. The molecule has 2 N–H and O–H groups in total. The van der Waals surface area contributed by atoms with E-state index < -0.39 is 0 Å². The van der Waals surface area contributed by atoms with Crippen LogP contribution in [0.25, 0.3) is 0 Å². The van der Waals surface area contributed by atoms with Crippen molar-refractivity contribution in [3.05, 3.63) is 24.4 Å². The van der Waals surface area contributed by atoms with Gasteiger partial charge in [-0.15, -0.1) is 0 Å². The van der Waals surface area contributed by atoms with Gasteiger partial charge in [0.15, 0.2) is 5.16 Å². The van der Waals surface area contributed by atoms with E-state index in [1.807, 2.05) is 6.07 Å². The molecular formula is C12H16N6OS. The molecule has 0 aliphatic carbocycles. The van der Waals surface area contributed by atoms with E-state index in [-0.39, 0.29) is 0 Å². The maximum atomic E-state index is 5.39. The van der Waals surface area contributed by atoms with Crippen LogP contribution in [0.1, 0.15) is 18.0 Å². The summed E-state index contributed by atoms with van der Waals surface area (Å²) in [7, 11) is 0. The Labute approximate surface area is 121 Å². The highest BCUT2D eigenvalue weighted by atomic mass is 32.2. The highest BCUT2D eigenvalue weighted by molar-refractivity contribution is 7.99. The lowest BCUT2D eigenvalue weighted by molar-refractivity contribution is 0.193. The van der Waals surface area contributed by atoms with Crippen LogP contribution in [-0.2, 0) is 4.74 Å². The Morgan fingerprint density at radius 3 is 3.15 bits per heavy atom. The number of ether oxygens (including phenoxy) is 1. The van der Waals surface area contributed by atoms with E-state index >= 15 is 0 Å². The summed E-state index contributed by atoms with van der Waals surface area (Å²) in [6.07, 6.45) is 4.16. The molecule has 1 aliphatic heterocycles. The van der Waals surface area contributed by atoms with Gasteiger partial charge in [0.25, 0.3) is 0 Å². The largest absolute Gasteiger partial charge is 0.381 e. The number of anilines is 1. The lowest BCUT2D eigenvalue weighted by atomic mass is 10.1. The number of hydrogen-bond acceptors (Lipinski definition) is 7. The summed E-state index contributed by atoms with van der Waals surface area (Å²) in [4.78, 5) is 12.6. The predicted octanol–water partition coefficient (Wildman–Crippen LogP) is 1.30. The first-order valence-corrected chi connectivity index (χ1v) is 7.52. The van der Waals surface area contributed by atoms with E-state index in [4.69, 9.17) is 4.74 Å². The van der Waals surface area contributed by atoms with Gasteiger partial charge in [-0.3, -0.25) is 5.10 Å². The van der Waals surface area contributed by atoms with Crippen LogP contribution in [0.4, 0.5) is 5.82 Å². The van der Waals surface area contributed by atoms with E-state index in [1.54, 1.807) is 18.1 Å². The average Bonchev–Trinajstić information content (AvgIpc) is 3.17. The Hall–Kier alpha value is -1.67. The molecule has 0 bridgehead atoms. The van der Waals surface area contributed by atoms with Crippen LogP contribution in [-0.4, -0.2) is 50.7 Å². The summed E-state index contributed by atoms with van der Waals surface area (Å²) in [5, 5.41) is 10.7. The zero-order chi connectivity index (χ0) is 13.6. The lowest BCUT2D eigenvalue weighted by Crippen LogP contribution is -2.08. The van der Waals surface area contributed by atoms with Crippen molar-refractivity contribution in [2.24, 2.45) is 0 Å². The predicted molar refractivity (Wildman–Crippen MR) is 75.8 cm³/mol. The monoisotopic (exact) mass is 292 g/mol. The van der Waals surface area contributed by atoms with Crippen LogP contribution in [0.5, 0.6) is 0 Å². The summed E-state index contributed by atoms with van der Waals surface area (Å²) < 4.78 is 5.39. The highest BCUT2D eigenvalue weighted by Crippen LogP contribution is 2.24. The third kappa shape index (κ3) is 3.45. The van der Waals surface area contributed by atoms with E-state index in [0.717, 1.165) is 48.6 Å².